The van der Waals surface area contributed by atoms with Crippen LogP contribution in [0, 0.1) is 5.41 Å². The zero-order valence-electron chi connectivity index (χ0n) is 18.7. The summed E-state index contributed by atoms with van der Waals surface area (Å²) >= 11 is 7.54. The highest BCUT2D eigenvalue weighted by atomic mass is 35.5. The molecule has 0 radical (unpaired) electrons. The number of rotatable bonds is 6. The predicted molar refractivity (Wildman–Crippen MR) is 126 cm³/mol. The molecule has 190 valence electrons. The van der Waals surface area contributed by atoms with Crippen molar-refractivity contribution in [3.63, 3.8) is 0 Å². The summed E-state index contributed by atoms with van der Waals surface area (Å²) < 4.78 is 78.4. The van der Waals surface area contributed by atoms with Crippen LogP contribution >= 0.6 is 23.4 Å². The van der Waals surface area contributed by atoms with Crippen LogP contribution in [-0.2, 0) is 12.4 Å². The molecule has 1 N–H and O–H groups in total. The van der Waals surface area contributed by atoms with Gasteiger partial charge in [0.25, 0.3) is 0 Å². The van der Waals surface area contributed by atoms with E-state index in [0.29, 0.717) is 17.7 Å². The molecule has 1 unspecified atom stereocenters. The third-order valence-corrected chi connectivity index (χ3v) is 6.60. The topological polar surface area (TPSA) is 44.7 Å². The zero-order valence-corrected chi connectivity index (χ0v) is 20.3. The van der Waals surface area contributed by atoms with Gasteiger partial charge in [-0.1, -0.05) is 30.7 Å². The summed E-state index contributed by atoms with van der Waals surface area (Å²) in [5, 5.41) is 7.37. The number of anilines is 1. The first-order chi connectivity index (χ1) is 16.2. The smallest absolute Gasteiger partial charge is 0.306 e. The van der Waals surface area contributed by atoms with Crippen LogP contribution in [0.2, 0.25) is 5.02 Å². The van der Waals surface area contributed by atoms with E-state index >= 15 is 0 Å². The van der Waals surface area contributed by atoms with E-state index in [4.69, 9.17) is 11.6 Å². The Morgan fingerprint density at radius 3 is 2.46 bits per heavy atom. The largest absolute Gasteiger partial charge is 0.417 e. The molecule has 0 bridgehead atoms. The van der Waals surface area contributed by atoms with Gasteiger partial charge in [0.05, 0.1) is 28.4 Å². The molecule has 2 aromatic rings. The lowest BCUT2D eigenvalue weighted by atomic mass is 9.78. The first-order valence-electron chi connectivity index (χ1n) is 10.5. The molecule has 0 fully saturated rings. The van der Waals surface area contributed by atoms with Gasteiger partial charge in [0.1, 0.15) is 0 Å². The molecular formula is C23H22ClF6N3OS. The number of urea groups is 1. The average Bonchev–Trinajstić information content (AvgIpc) is 3.10. The quantitative estimate of drug-likeness (QED) is 0.302. The summed E-state index contributed by atoms with van der Waals surface area (Å²) in [4.78, 5) is 12.9. The Labute approximate surface area is 207 Å². The Morgan fingerprint density at radius 2 is 1.86 bits per heavy atom. The van der Waals surface area contributed by atoms with Crippen LogP contribution in [0.5, 0.6) is 0 Å². The number of hydrogen-bond donors (Lipinski definition) is 1. The fraction of sp³-hybridized carbons (Fsp3) is 0.391. The summed E-state index contributed by atoms with van der Waals surface area (Å²) in [7, 11) is 0. The minimum absolute atomic E-state index is 0.0601. The molecule has 1 aliphatic heterocycles. The minimum atomic E-state index is -4.62. The molecule has 12 heteroatoms. The Kier molecular flexibility index (Phi) is 8.00. The number of hydrogen-bond acceptors (Lipinski definition) is 3. The maximum Gasteiger partial charge on any atom is 0.417 e. The van der Waals surface area contributed by atoms with Gasteiger partial charge in [-0.15, -0.1) is 0 Å². The van der Waals surface area contributed by atoms with Gasteiger partial charge in [-0.3, -0.25) is 0 Å². The van der Waals surface area contributed by atoms with Crippen molar-refractivity contribution in [1.29, 1.82) is 0 Å². The molecule has 1 heterocycles. The second-order valence-corrected chi connectivity index (χ2v) is 9.76. The van der Waals surface area contributed by atoms with Crippen LogP contribution < -0.4 is 5.32 Å². The zero-order chi connectivity index (χ0) is 26.0. The standard InChI is InChI=1S/C23H22ClF6N3OS/c1-21(9-4-10-35-2)13-33(20(34)31-16-6-3-5-15(12-16)22(25,26)27)32-19(21)14-7-8-17(18(24)11-14)23(28,29)30/h3,5-8,11-12H,4,9-10,13H2,1-2H3,(H,31,34). The monoisotopic (exact) mass is 537 g/mol. The average molecular weight is 538 g/mol. The van der Waals surface area contributed by atoms with Gasteiger partial charge in [0.15, 0.2) is 0 Å². The molecule has 35 heavy (non-hydrogen) atoms. The Balaban J connectivity index is 1.91. The van der Waals surface area contributed by atoms with Crippen LogP contribution in [0.1, 0.15) is 36.5 Å². The number of halogens is 7. The number of alkyl halides is 6. The van der Waals surface area contributed by atoms with Crippen LogP contribution in [0.4, 0.5) is 36.8 Å². The van der Waals surface area contributed by atoms with Crippen molar-refractivity contribution >= 4 is 40.8 Å². The third kappa shape index (κ3) is 6.43. The van der Waals surface area contributed by atoms with Gasteiger partial charge in [-0.25, -0.2) is 9.80 Å². The van der Waals surface area contributed by atoms with Crippen molar-refractivity contribution in [2.75, 3.05) is 23.9 Å². The van der Waals surface area contributed by atoms with Gasteiger partial charge in [-0.05, 0) is 60.7 Å². The first-order valence-corrected chi connectivity index (χ1v) is 12.2. The van der Waals surface area contributed by atoms with Crippen molar-refractivity contribution in [3.8, 4) is 0 Å². The summed E-state index contributed by atoms with van der Waals surface area (Å²) in [5.41, 5.74) is -1.94. The fourth-order valence-electron chi connectivity index (χ4n) is 3.86. The van der Waals surface area contributed by atoms with E-state index in [1.165, 1.54) is 24.3 Å². The number of nitrogens with zero attached hydrogens (tertiary/aromatic N) is 2. The summed E-state index contributed by atoms with van der Waals surface area (Å²) in [6.07, 6.45) is -5.91. The highest BCUT2D eigenvalue weighted by molar-refractivity contribution is 7.98. The lowest BCUT2D eigenvalue weighted by Gasteiger charge is -2.26. The van der Waals surface area contributed by atoms with E-state index in [0.717, 1.165) is 35.4 Å². The maximum atomic E-state index is 13.1. The van der Waals surface area contributed by atoms with E-state index in [9.17, 15) is 31.1 Å². The number of nitrogens with one attached hydrogen (secondary N) is 1. The molecule has 0 saturated heterocycles. The van der Waals surface area contributed by atoms with Crippen LogP contribution in [0.25, 0.3) is 0 Å². The molecular weight excluding hydrogens is 516 g/mol. The second kappa shape index (κ2) is 10.3. The molecule has 3 rings (SSSR count). The van der Waals surface area contributed by atoms with E-state index in [1.54, 1.807) is 11.8 Å². The van der Waals surface area contributed by atoms with Crippen molar-refractivity contribution in [3.05, 3.63) is 64.2 Å². The lowest BCUT2D eigenvalue weighted by molar-refractivity contribution is -0.138. The number of benzene rings is 2. The van der Waals surface area contributed by atoms with E-state index < -0.39 is 39.9 Å². The molecule has 1 atom stereocenters. The Hall–Kier alpha value is -2.40. The SMILES string of the molecule is CSCCCC1(C)CN(C(=O)Nc2cccc(C(F)(F)F)c2)N=C1c1ccc(C(F)(F)F)c(Cl)c1. The normalized spacial score (nSPS) is 18.5. The van der Waals surface area contributed by atoms with E-state index in [-0.39, 0.29) is 12.2 Å². The predicted octanol–water partition coefficient (Wildman–Crippen LogP) is 7.78. The molecule has 0 saturated carbocycles. The number of carbonyl (C=O) groups is 1. The van der Waals surface area contributed by atoms with Gasteiger partial charge < -0.3 is 5.32 Å². The van der Waals surface area contributed by atoms with Crippen molar-refractivity contribution in [2.24, 2.45) is 10.5 Å². The van der Waals surface area contributed by atoms with Crippen LogP contribution in [0.15, 0.2) is 47.6 Å². The molecule has 0 aromatic heterocycles. The van der Waals surface area contributed by atoms with Crippen molar-refractivity contribution in [1.82, 2.24) is 5.01 Å². The molecule has 1 aliphatic rings. The summed E-state index contributed by atoms with van der Waals surface area (Å²) in [6, 6.07) is 6.74. The molecule has 0 aliphatic carbocycles. The summed E-state index contributed by atoms with van der Waals surface area (Å²) in [5.74, 6) is 0.826. The molecule has 0 spiro atoms. The maximum absolute atomic E-state index is 13.1. The molecule has 4 nitrogen and oxygen atoms in total. The first kappa shape index (κ1) is 27.2. The molecule has 2 aromatic carbocycles. The number of carbonyl (C=O) groups excluding carboxylic acids is 1. The van der Waals surface area contributed by atoms with Gasteiger partial charge >= 0.3 is 18.4 Å². The third-order valence-electron chi connectivity index (χ3n) is 5.59. The fourth-order valence-corrected chi connectivity index (χ4v) is 4.58. The minimum Gasteiger partial charge on any atom is -0.306 e. The highest BCUT2D eigenvalue weighted by Crippen LogP contribution is 2.40. The van der Waals surface area contributed by atoms with Crippen LogP contribution in [0.3, 0.4) is 0 Å². The van der Waals surface area contributed by atoms with Crippen LogP contribution in [-0.4, -0.2) is 35.3 Å². The highest BCUT2D eigenvalue weighted by Gasteiger charge is 2.42. The number of amides is 2. The van der Waals surface area contributed by atoms with E-state index in [1.807, 2.05) is 13.2 Å². The van der Waals surface area contributed by atoms with Crippen molar-refractivity contribution < 1.29 is 31.1 Å². The summed E-state index contributed by atoms with van der Waals surface area (Å²) in [6.45, 7) is 1.94. The number of thioether (sulfide) groups is 1. The lowest BCUT2D eigenvalue weighted by Crippen LogP contribution is -2.36. The van der Waals surface area contributed by atoms with Gasteiger partial charge in [0, 0.05) is 11.1 Å². The number of hydrazone groups is 1. The van der Waals surface area contributed by atoms with Gasteiger partial charge in [0.2, 0.25) is 0 Å². The Morgan fingerprint density at radius 1 is 1.14 bits per heavy atom. The second-order valence-electron chi connectivity index (χ2n) is 8.36. The van der Waals surface area contributed by atoms with E-state index in [2.05, 4.69) is 10.4 Å². The Bertz CT molecular complexity index is 1120. The van der Waals surface area contributed by atoms with Gasteiger partial charge in [-0.2, -0.15) is 43.2 Å². The van der Waals surface area contributed by atoms with Crippen molar-refractivity contribution in [2.45, 2.75) is 32.1 Å². The molecule has 2 amide bonds.